The summed E-state index contributed by atoms with van der Waals surface area (Å²) in [6.07, 6.45) is 0.614. The van der Waals surface area contributed by atoms with E-state index in [1.807, 2.05) is 0 Å². The Morgan fingerprint density at radius 1 is 1.08 bits per heavy atom. The summed E-state index contributed by atoms with van der Waals surface area (Å²) in [5.74, 6) is -3.31. The van der Waals surface area contributed by atoms with Crippen LogP contribution in [0.15, 0.2) is 59.5 Å². The molecule has 0 saturated carbocycles. The summed E-state index contributed by atoms with van der Waals surface area (Å²) in [6, 6.07) is 9.86. The van der Waals surface area contributed by atoms with Crippen molar-refractivity contribution in [3.8, 4) is 0 Å². The van der Waals surface area contributed by atoms with Crippen molar-refractivity contribution < 1.29 is 32.7 Å². The largest absolute Gasteiger partial charge is 0.480 e. The van der Waals surface area contributed by atoms with Gasteiger partial charge in [0.15, 0.2) is 5.96 Å². The average molecular weight is 561 g/mol. The fourth-order valence-electron chi connectivity index (χ4n) is 3.80. The highest BCUT2D eigenvalue weighted by atomic mass is 32.2. The first-order valence-corrected chi connectivity index (χ1v) is 13.1. The predicted octanol–water partition coefficient (Wildman–Crippen LogP) is -0.641. The highest BCUT2D eigenvalue weighted by Gasteiger charge is 2.40. The van der Waals surface area contributed by atoms with E-state index >= 15 is 0 Å². The van der Waals surface area contributed by atoms with E-state index in [1.165, 1.54) is 30.3 Å². The van der Waals surface area contributed by atoms with Crippen molar-refractivity contribution in [2.24, 2.45) is 5.73 Å². The van der Waals surface area contributed by atoms with Crippen molar-refractivity contribution in [3.05, 3.63) is 60.2 Å². The van der Waals surface area contributed by atoms with Crippen LogP contribution in [-0.4, -0.2) is 72.8 Å². The third kappa shape index (κ3) is 7.65. The van der Waals surface area contributed by atoms with Gasteiger partial charge in [0.05, 0.1) is 11.4 Å². The zero-order valence-electron chi connectivity index (χ0n) is 20.5. The normalized spacial score (nSPS) is 15.9. The smallest absolute Gasteiger partial charge is 0.333 e. The standard InChI is InChI=1S/C23H28N8O7S/c24-22(25)27-15-7-4-6-14(12-15)19(32)29-30-23(36)26-13-17(21(34)35)28-20(33)18-10-5-11-31(18)39(37,38)16-8-2-1-3-9-16/h1-4,6-9,12,17-18H,5,10-11,13H2,(H,28,33)(H,29,32)(H,34,35)(H4,24,25,27)(H2,26,30,36)/t17-,18-/m0/s1. The Morgan fingerprint density at radius 3 is 2.46 bits per heavy atom. The lowest BCUT2D eigenvalue weighted by Gasteiger charge is -2.25. The van der Waals surface area contributed by atoms with Gasteiger partial charge in [-0.2, -0.15) is 4.31 Å². The van der Waals surface area contributed by atoms with Gasteiger partial charge in [0.25, 0.3) is 5.91 Å². The lowest BCUT2D eigenvalue weighted by Crippen LogP contribution is -2.56. The molecule has 0 aromatic heterocycles. The Kier molecular flexibility index (Phi) is 9.40. The minimum atomic E-state index is -3.98. The molecule has 0 aliphatic carbocycles. The Labute approximate surface area is 223 Å². The molecule has 208 valence electrons. The lowest BCUT2D eigenvalue weighted by atomic mass is 10.2. The molecule has 0 spiro atoms. The number of anilines is 1. The molecule has 2 atom stereocenters. The van der Waals surface area contributed by atoms with Crippen LogP contribution in [0, 0.1) is 5.41 Å². The van der Waals surface area contributed by atoms with Crippen LogP contribution < -0.4 is 32.5 Å². The molecule has 15 nitrogen and oxygen atoms in total. The number of guanidine groups is 1. The number of hydrogen-bond acceptors (Lipinski definition) is 7. The summed E-state index contributed by atoms with van der Waals surface area (Å²) < 4.78 is 27.0. The second-order valence-electron chi connectivity index (χ2n) is 8.39. The highest BCUT2D eigenvalue weighted by molar-refractivity contribution is 7.89. The first-order chi connectivity index (χ1) is 18.5. The quantitative estimate of drug-likeness (QED) is 0.110. The third-order valence-corrected chi connectivity index (χ3v) is 7.55. The number of carbonyl (C=O) groups is 4. The van der Waals surface area contributed by atoms with Gasteiger partial charge < -0.3 is 26.8 Å². The molecular weight excluding hydrogens is 532 g/mol. The molecule has 1 aliphatic rings. The maximum atomic E-state index is 13.0. The summed E-state index contributed by atoms with van der Waals surface area (Å²) in [5.41, 5.74) is 9.95. The van der Waals surface area contributed by atoms with Gasteiger partial charge >= 0.3 is 12.0 Å². The fourth-order valence-corrected chi connectivity index (χ4v) is 5.48. The van der Waals surface area contributed by atoms with Crippen molar-refractivity contribution in [3.63, 3.8) is 0 Å². The van der Waals surface area contributed by atoms with E-state index in [1.54, 1.807) is 24.3 Å². The molecule has 2 aromatic carbocycles. The average Bonchev–Trinajstić information content (AvgIpc) is 3.41. The number of rotatable bonds is 9. The number of aliphatic carboxylic acids is 1. The number of urea groups is 1. The van der Waals surface area contributed by atoms with Crippen molar-refractivity contribution in [2.45, 2.75) is 29.8 Å². The van der Waals surface area contributed by atoms with E-state index < -0.39 is 52.5 Å². The molecule has 0 bridgehead atoms. The molecule has 0 unspecified atom stereocenters. The summed E-state index contributed by atoms with van der Waals surface area (Å²) in [6.45, 7) is -0.458. The first kappa shape index (κ1) is 28.9. The molecule has 1 aliphatic heterocycles. The van der Waals surface area contributed by atoms with E-state index in [9.17, 15) is 32.7 Å². The van der Waals surface area contributed by atoms with Crippen LogP contribution >= 0.6 is 0 Å². The number of carbonyl (C=O) groups excluding carboxylic acids is 3. The molecule has 0 radical (unpaired) electrons. The van der Waals surface area contributed by atoms with E-state index in [-0.39, 0.29) is 29.4 Å². The summed E-state index contributed by atoms with van der Waals surface area (Å²) in [5, 5.41) is 23.8. The van der Waals surface area contributed by atoms with Gasteiger partial charge in [-0.3, -0.25) is 20.4 Å². The van der Waals surface area contributed by atoms with Crippen LogP contribution in [0.25, 0.3) is 0 Å². The number of carboxylic acids is 1. The molecule has 1 fully saturated rings. The maximum Gasteiger partial charge on any atom is 0.333 e. The molecule has 3 rings (SSSR count). The van der Waals surface area contributed by atoms with Gasteiger partial charge in [-0.15, -0.1) is 0 Å². The lowest BCUT2D eigenvalue weighted by molar-refractivity contribution is -0.142. The second kappa shape index (κ2) is 12.7. The minimum Gasteiger partial charge on any atom is -0.480 e. The van der Waals surface area contributed by atoms with Gasteiger partial charge in [0.1, 0.15) is 12.1 Å². The van der Waals surface area contributed by atoms with Gasteiger partial charge in [-0.1, -0.05) is 24.3 Å². The maximum absolute atomic E-state index is 13.0. The van der Waals surface area contributed by atoms with Crippen LogP contribution in [0.5, 0.6) is 0 Å². The molecule has 39 heavy (non-hydrogen) atoms. The second-order valence-corrected chi connectivity index (χ2v) is 10.3. The van der Waals surface area contributed by atoms with E-state index in [4.69, 9.17) is 11.1 Å². The van der Waals surface area contributed by atoms with Gasteiger partial charge in [-0.25, -0.2) is 23.4 Å². The number of carboxylic acid groups (broad SMARTS) is 1. The van der Waals surface area contributed by atoms with Crippen LogP contribution in [0.4, 0.5) is 10.5 Å². The molecule has 9 N–H and O–H groups in total. The van der Waals surface area contributed by atoms with Crippen molar-refractivity contribution >= 4 is 45.5 Å². The Morgan fingerprint density at radius 2 is 1.79 bits per heavy atom. The molecule has 2 aromatic rings. The molecule has 16 heteroatoms. The van der Waals surface area contributed by atoms with Crippen LogP contribution in [0.3, 0.4) is 0 Å². The molecule has 4 amide bonds. The highest BCUT2D eigenvalue weighted by Crippen LogP contribution is 2.26. The van der Waals surface area contributed by atoms with E-state index in [2.05, 4.69) is 26.8 Å². The zero-order chi connectivity index (χ0) is 28.6. The van der Waals surface area contributed by atoms with E-state index in [0.717, 1.165) is 4.31 Å². The van der Waals surface area contributed by atoms with Crippen molar-refractivity contribution in [1.82, 2.24) is 25.8 Å². The number of benzene rings is 2. The number of amides is 4. The van der Waals surface area contributed by atoms with Crippen molar-refractivity contribution in [1.29, 1.82) is 5.41 Å². The summed E-state index contributed by atoms with van der Waals surface area (Å²) in [7, 11) is -3.98. The number of nitrogens with zero attached hydrogens (tertiary/aromatic N) is 1. The number of nitrogens with two attached hydrogens (primary N) is 1. The predicted molar refractivity (Wildman–Crippen MR) is 139 cm³/mol. The van der Waals surface area contributed by atoms with Crippen LogP contribution in [-0.2, 0) is 19.6 Å². The number of hydrazine groups is 1. The molecule has 1 heterocycles. The van der Waals surface area contributed by atoms with Gasteiger partial charge in [-0.05, 0) is 43.2 Å². The first-order valence-electron chi connectivity index (χ1n) is 11.6. The zero-order valence-corrected chi connectivity index (χ0v) is 21.3. The van der Waals surface area contributed by atoms with Crippen LogP contribution in [0.2, 0.25) is 0 Å². The van der Waals surface area contributed by atoms with Gasteiger partial charge in [0.2, 0.25) is 15.9 Å². The topological polar surface area (TPSA) is 236 Å². The Bertz CT molecular complexity index is 1350. The SMILES string of the molecule is N=C(N)Nc1cccc(C(=O)NNC(=O)NC[C@H](NC(=O)[C@@H]2CCCN2S(=O)(=O)c2ccccc2)C(=O)O)c1. The van der Waals surface area contributed by atoms with Gasteiger partial charge in [0, 0.05) is 17.8 Å². The Balaban J connectivity index is 1.54. The summed E-state index contributed by atoms with van der Waals surface area (Å²) in [4.78, 5) is 49.0. The number of nitrogens with one attached hydrogen (secondary N) is 6. The van der Waals surface area contributed by atoms with Crippen LogP contribution in [0.1, 0.15) is 23.2 Å². The number of sulfonamides is 1. The summed E-state index contributed by atoms with van der Waals surface area (Å²) >= 11 is 0. The molecular formula is C23H28N8O7S. The Hall–Kier alpha value is -4.70. The number of hydrogen-bond donors (Lipinski definition) is 8. The fraction of sp³-hybridized carbons (Fsp3) is 0.261. The van der Waals surface area contributed by atoms with Crippen molar-refractivity contribution in [2.75, 3.05) is 18.4 Å². The van der Waals surface area contributed by atoms with E-state index in [0.29, 0.717) is 12.1 Å². The third-order valence-electron chi connectivity index (χ3n) is 5.63. The minimum absolute atomic E-state index is 0.0155. The monoisotopic (exact) mass is 560 g/mol. The molecule has 1 saturated heterocycles.